The summed E-state index contributed by atoms with van der Waals surface area (Å²) in [6.07, 6.45) is 0.467. The van der Waals surface area contributed by atoms with Crippen LogP contribution in [-0.2, 0) is 16.0 Å². The van der Waals surface area contributed by atoms with Gasteiger partial charge < -0.3 is 20.5 Å². The summed E-state index contributed by atoms with van der Waals surface area (Å²) in [5, 5.41) is 22.9. The second-order valence-electron chi connectivity index (χ2n) is 7.53. The first-order valence-corrected chi connectivity index (χ1v) is 10.0. The Morgan fingerprint density at radius 3 is 2.48 bits per heavy atom. The summed E-state index contributed by atoms with van der Waals surface area (Å²) in [7, 11) is 0. The molecule has 160 valence electrons. The average Bonchev–Trinajstić information content (AvgIpc) is 3.27. The van der Waals surface area contributed by atoms with Gasteiger partial charge in [-0.05, 0) is 41.8 Å². The standard InChI is InChI=1S/C22H20ClN3O5/c23-14-5-6-16-13(7-14)9-18(24-16)22(31)25-17-8-12-3-1-2-4-15(12)21(17)26(10-19(27)28)11-20(29)30/h1-7,9,17,21,24H,8,10-11H2,(H,25,31)(H,27,28)(H,29,30). The number of nitrogens with one attached hydrogen (secondary N) is 2. The summed E-state index contributed by atoms with van der Waals surface area (Å²) in [6, 6.07) is 13.3. The third-order valence-corrected chi connectivity index (χ3v) is 5.64. The molecule has 8 nitrogen and oxygen atoms in total. The number of aromatic amines is 1. The van der Waals surface area contributed by atoms with Crippen LogP contribution in [0.15, 0.2) is 48.5 Å². The van der Waals surface area contributed by atoms with E-state index in [1.54, 1.807) is 24.3 Å². The van der Waals surface area contributed by atoms with Gasteiger partial charge in [0.1, 0.15) is 5.69 Å². The van der Waals surface area contributed by atoms with Gasteiger partial charge in [0.2, 0.25) is 0 Å². The van der Waals surface area contributed by atoms with E-state index in [0.717, 1.165) is 22.0 Å². The maximum absolute atomic E-state index is 13.0. The Balaban J connectivity index is 1.63. The number of aliphatic carboxylic acids is 2. The molecule has 2 atom stereocenters. The highest BCUT2D eigenvalue weighted by Gasteiger charge is 2.39. The molecular weight excluding hydrogens is 422 g/mol. The number of rotatable bonds is 7. The maximum atomic E-state index is 13.0. The van der Waals surface area contributed by atoms with Crippen molar-refractivity contribution in [3.63, 3.8) is 0 Å². The quantitative estimate of drug-likeness (QED) is 0.447. The van der Waals surface area contributed by atoms with Crippen LogP contribution in [-0.4, -0.2) is 57.1 Å². The lowest BCUT2D eigenvalue weighted by Gasteiger charge is -2.31. The molecule has 4 rings (SSSR count). The van der Waals surface area contributed by atoms with E-state index in [2.05, 4.69) is 10.3 Å². The fourth-order valence-corrected chi connectivity index (χ4v) is 4.41. The molecule has 0 radical (unpaired) electrons. The molecule has 0 saturated carbocycles. The number of carbonyl (C=O) groups is 3. The van der Waals surface area contributed by atoms with Crippen LogP contribution in [0.25, 0.3) is 10.9 Å². The van der Waals surface area contributed by atoms with E-state index < -0.39 is 37.1 Å². The van der Waals surface area contributed by atoms with Gasteiger partial charge in [0.05, 0.1) is 25.2 Å². The Bertz CT molecular complexity index is 1160. The molecule has 0 saturated heterocycles. The largest absolute Gasteiger partial charge is 0.480 e. The zero-order chi connectivity index (χ0) is 22.1. The van der Waals surface area contributed by atoms with Crippen LogP contribution >= 0.6 is 11.6 Å². The Kier molecular flexibility index (Phi) is 5.67. The second kappa shape index (κ2) is 8.41. The number of hydrogen-bond acceptors (Lipinski definition) is 4. The Morgan fingerprint density at radius 2 is 1.77 bits per heavy atom. The Labute approximate surface area is 182 Å². The summed E-state index contributed by atoms with van der Waals surface area (Å²) in [6.45, 7) is -0.912. The smallest absolute Gasteiger partial charge is 0.317 e. The molecule has 0 spiro atoms. The van der Waals surface area contributed by atoms with Gasteiger partial charge in [-0.3, -0.25) is 19.3 Å². The first-order valence-electron chi connectivity index (χ1n) is 9.66. The normalized spacial score (nSPS) is 17.6. The van der Waals surface area contributed by atoms with E-state index in [4.69, 9.17) is 11.6 Å². The predicted molar refractivity (Wildman–Crippen MR) is 114 cm³/mol. The third kappa shape index (κ3) is 4.40. The van der Waals surface area contributed by atoms with Crippen molar-refractivity contribution in [3.8, 4) is 0 Å². The fraction of sp³-hybridized carbons (Fsp3) is 0.227. The minimum absolute atomic E-state index is 0.343. The predicted octanol–water partition coefficient (Wildman–Crippen LogP) is 2.69. The molecule has 0 aliphatic heterocycles. The molecule has 1 heterocycles. The summed E-state index contributed by atoms with van der Waals surface area (Å²) in [4.78, 5) is 40.2. The molecule has 0 bridgehead atoms. The minimum Gasteiger partial charge on any atom is -0.480 e. The number of fused-ring (bicyclic) bond motifs is 2. The lowest BCUT2D eigenvalue weighted by molar-refractivity contribution is -0.143. The van der Waals surface area contributed by atoms with E-state index in [1.807, 2.05) is 24.3 Å². The molecule has 4 N–H and O–H groups in total. The van der Waals surface area contributed by atoms with Crippen molar-refractivity contribution in [2.45, 2.75) is 18.5 Å². The van der Waals surface area contributed by atoms with Crippen molar-refractivity contribution in [2.75, 3.05) is 13.1 Å². The number of H-pyrrole nitrogens is 1. The monoisotopic (exact) mass is 441 g/mol. The maximum Gasteiger partial charge on any atom is 0.317 e. The number of aromatic nitrogens is 1. The number of nitrogens with zero attached hydrogens (tertiary/aromatic N) is 1. The lowest BCUT2D eigenvalue weighted by Crippen LogP contribution is -2.47. The summed E-state index contributed by atoms with van der Waals surface area (Å²) in [5.41, 5.74) is 2.87. The molecule has 9 heteroatoms. The lowest BCUT2D eigenvalue weighted by atomic mass is 10.0. The zero-order valence-corrected chi connectivity index (χ0v) is 17.1. The zero-order valence-electron chi connectivity index (χ0n) is 16.3. The molecule has 1 aliphatic rings. The Morgan fingerprint density at radius 1 is 1.06 bits per heavy atom. The number of halogens is 1. The van der Waals surface area contributed by atoms with Crippen LogP contribution in [0.2, 0.25) is 5.02 Å². The van der Waals surface area contributed by atoms with Crippen LogP contribution in [0, 0.1) is 0 Å². The van der Waals surface area contributed by atoms with Gasteiger partial charge in [-0.1, -0.05) is 35.9 Å². The topological polar surface area (TPSA) is 123 Å². The van der Waals surface area contributed by atoms with Crippen LogP contribution in [0.5, 0.6) is 0 Å². The van der Waals surface area contributed by atoms with Crippen LogP contribution in [0.4, 0.5) is 0 Å². The van der Waals surface area contributed by atoms with E-state index in [1.165, 1.54) is 4.90 Å². The molecular formula is C22H20ClN3O5. The third-order valence-electron chi connectivity index (χ3n) is 5.41. The van der Waals surface area contributed by atoms with Crippen molar-refractivity contribution in [1.29, 1.82) is 0 Å². The number of amides is 1. The van der Waals surface area contributed by atoms with Crippen LogP contribution in [0.1, 0.15) is 27.7 Å². The fourth-order valence-electron chi connectivity index (χ4n) is 4.23. The molecule has 1 aliphatic carbocycles. The number of carbonyl (C=O) groups excluding carboxylic acids is 1. The summed E-state index contributed by atoms with van der Waals surface area (Å²) in [5.74, 6) is -2.63. The Hall–Kier alpha value is -3.36. The highest BCUT2D eigenvalue weighted by atomic mass is 35.5. The highest BCUT2D eigenvalue weighted by molar-refractivity contribution is 6.31. The average molecular weight is 442 g/mol. The van der Waals surface area contributed by atoms with Gasteiger partial charge in [-0.25, -0.2) is 0 Å². The molecule has 31 heavy (non-hydrogen) atoms. The van der Waals surface area contributed by atoms with Crippen molar-refractivity contribution in [2.24, 2.45) is 0 Å². The molecule has 1 aromatic heterocycles. The highest BCUT2D eigenvalue weighted by Crippen LogP contribution is 2.36. The number of carboxylic acid groups (broad SMARTS) is 2. The molecule has 2 unspecified atom stereocenters. The number of benzene rings is 2. The summed E-state index contributed by atoms with van der Waals surface area (Å²) >= 11 is 6.02. The first kappa shape index (κ1) is 20.9. The van der Waals surface area contributed by atoms with E-state index in [0.29, 0.717) is 17.1 Å². The van der Waals surface area contributed by atoms with E-state index >= 15 is 0 Å². The number of hydrogen-bond donors (Lipinski definition) is 4. The van der Waals surface area contributed by atoms with Crippen LogP contribution < -0.4 is 5.32 Å². The van der Waals surface area contributed by atoms with Gasteiger partial charge >= 0.3 is 11.9 Å². The van der Waals surface area contributed by atoms with Gasteiger partial charge in [0, 0.05) is 15.9 Å². The van der Waals surface area contributed by atoms with Crippen molar-refractivity contribution >= 4 is 40.3 Å². The first-order chi connectivity index (χ1) is 14.8. The van der Waals surface area contributed by atoms with Gasteiger partial charge in [-0.15, -0.1) is 0 Å². The van der Waals surface area contributed by atoms with E-state index in [-0.39, 0.29) is 5.91 Å². The molecule has 0 fully saturated rings. The van der Waals surface area contributed by atoms with Gasteiger partial charge in [-0.2, -0.15) is 0 Å². The second-order valence-corrected chi connectivity index (χ2v) is 7.97. The summed E-state index contributed by atoms with van der Waals surface area (Å²) < 4.78 is 0. The van der Waals surface area contributed by atoms with Gasteiger partial charge in [0.25, 0.3) is 5.91 Å². The van der Waals surface area contributed by atoms with Crippen molar-refractivity contribution < 1.29 is 24.6 Å². The molecule has 3 aromatic rings. The molecule has 2 aromatic carbocycles. The van der Waals surface area contributed by atoms with Crippen molar-refractivity contribution in [3.05, 3.63) is 70.4 Å². The van der Waals surface area contributed by atoms with E-state index in [9.17, 15) is 24.6 Å². The van der Waals surface area contributed by atoms with Gasteiger partial charge in [0.15, 0.2) is 0 Å². The molecule has 1 amide bonds. The van der Waals surface area contributed by atoms with Crippen molar-refractivity contribution in [1.82, 2.24) is 15.2 Å². The minimum atomic E-state index is -1.14. The van der Waals surface area contributed by atoms with Crippen LogP contribution in [0.3, 0.4) is 0 Å². The number of carboxylic acids is 2. The SMILES string of the molecule is O=C(O)CN(CC(=O)O)C1c2ccccc2CC1NC(=O)c1cc2cc(Cl)ccc2[nH]1.